The van der Waals surface area contributed by atoms with E-state index >= 15 is 0 Å². The molecule has 21 heavy (non-hydrogen) atoms. The number of fused-ring (bicyclic) bond motifs is 1. The van der Waals surface area contributed by atoms with Gasteiger partial charge in [0.15, 0.2) is 0 Å². The molecule has 2 aliphatic rings. The number of nitrogens with zero attached hydrogens (tertiary/aromatic N) is 3. The Bertz CT molecular complexity index is 539. The minimum atomic E-state index is -1.17. The van der Waals surface area contributed by atoms with Crippen LogP contribution in [0.1, 0.15) is 41.5 Å². The normalized spacial score (nSPS) is 19.4. The zero-order valence-electron chi connectivity index (χ0n) is 12.5. The Balaban J connectivity index is 1.89. The van der Waals surface area contributed by atoms with Gasteiger partial charge in [-0.05, 0) is 32.6 Å². The molecule has 1 aliphatic carbocycles. The minimum Gasteiger partial charge on any atom is -0.543 e. The minimum absolute atomic E-state index is 0.111. The molecule has 1 aromatic rings. The number of carboxylic acids is 1. The lowest BCUT2D eigenvalue weighted by atomic mass is 9.94. The number of hydrogen-bond donors (Lipinski definition) is 1. The largest absolute Gasteiger partial charge is 0.543 e. The van der Waals surface area contributed by atoms with E-state index in [0.717, 1.165) is 69.7 Å². The molecular weight excluding hydrogens is 268 g/mol. The van der Waals surface area contributed by atoms with Gasteiger partial charge in [-0.1, -0.05) is 0 Å². The third-order valence-corrected chi connectivity index (χ3v) is 4.62. The number of aromatic nitrogens is 2. The van der Waals surface area contributed by atoms with Crippen LogP contribution in [0.3, 0.4) is 0 Å². The van der Waals surface area contributed by atoms with Gasteiger partial charge in [0.2, 0.25) is 5.95 Å². The van der Waals surface area contributed by atoms with E-state index in [1.807, 2.05) is 0 Å². The van der Waals surface area contributed by atoms with E-state index in [2.05, 4.69) is 21.8 Å². The van der Waals surface area contributed by atoms with E-state index in [9.17, 15) is 9.90 Å². The van der Waals surface area contributed by atoms with Crippen molar-refractivity contribution in [1.29, 1.82) is 0 Å². The van der Waals surface area contributed by atoms with Crippen molar-refractivity contribution in [3.8, 4) is 0 Å². The lowest BCUT2D eigenvalue weighted by molar-refractivity contribution is -0.898. The third kappa shape index (κ3) is 2.85. The molecule has 6 nitrogen and oxygen atoms in total. The number of carboxylic acid groups (broad SMARTS) is 1. The molecule has 0 radical (unpaired) electrons. The molecule has 0 saturated carbocycles. The van der Waals surface area contributed by atoms with Gasteiger partial charge in [-0.15, -0.1) is 0 Å². The SMILES string of the molecule is CC[NH+]1CCN(c2nc3c(c(C(=O)[O-])n2)CCCC3)CC1. The van der Waals surface area contributed by atoms with Crippen LogP contribution in [0.4, 0.5) is 5.95 Å². The maximum atomic E-state index is 11.4. The molecule has 2 heterocycles. The summed E-state index contributed by atoms with van der Waals surface area (Å²) >= 11 is 0. The van der Waals surface area contributed by atoms with E-state index in [0.29, 0.717) is 5.95 Å². The molecule has 114 valence electrons. The van der Waals surface area contributed by atoms with E-state index in [1.54, 1.807) is 4.90 Å². The number of hydrogen-bond acceptors (Lipinski definition) is 5. The molecule has 3 rings (SSSR count). The first-order valence-electron chi connectivity index (χ1n) is 7.88. The summed E-state index contributed by atoms with van der Waals surface area (Å²) in [5.41, 5.74) is 1.82. The van der Waals surface area contributed by atoms with Crippen molar-refractivity contribution in [2.24, 2.45) is 0 Å². The zero-order chi connectivity index (χ0) is 14.8. The lowest BCUT2D eigenvalue weighted by Gasteiger charge is -2.32. The van der Waals surface area contributed by atoms with Crippen LogP contribution in [0.5, 0.6) is 0 Å². The van der Waals surface area contributed by atoms with Gasteiger partial charge >= 0.3 is 0 Å². The van der Waals surface area contributed by atoms with E-state index < -0.39 is 5.97 Å². The lowest BCUT2D eigenvalue weighted by Crippen LogP contribution is -3.14. The number of carbonyl (C=O) groups excluding carboxylic acids is 1. The molecule has 0 unspecified atom stereocenters. The molecule has 6 heteroatoms. The van der Waals surface area contributed by atoms with Gasteiger partial charge in [0.05, 0.1) is 44.4 Å². The molecular formula is C15H22N4O2. The summed E-state index contributed by atoms with van der Waals surface area (Å²) in [6, 6.07) is 0. The van der Waals surface area contributed by atoms with Crippen LogP contribution >= 0.6 is 0 Å². The fourth-order valence-corrected chi connectivity index (χ4v) is 3.27. The Labute approximate surface area is 124 Å². The summed E-state index contributed by atoms with van der Waals surface area (Å²) in [6.07, 6.45) is 3.69. The first-order chi connectivity index (χ1) is 10.2. The van der Waals surface area contributed by atoms with Gasteiger partial charge in [-0.3, -0.25) is 0 Å². The van der Waals surface area contributed by atoms with Crippen LogP contribution in [0.25, 0.3) is 0 Å². The second-order valence-electron chi connectivity index (χ2n) is 5.88. The topological polar surface area (TPSA) is 73.6 Å². The maximum Gasteiger partial charge on any atom is 0.226 e. The summed E-state index contributed by atoms with van der Waals surface area (Å²) in [5.74, 6) is -0.598. The molecule has 1 aliphatic heterocycles. The van der Waals surface area contributed by atoms with Crippen molar-refractivity contribution in [3.63, 3.8) is 0 Å². The van der Waals surface area contributed by atoms with Gasteiger partial charge in [0, 0.05) is 11.3 Å². The van der Waals surface area contributed by atoms with Crippen LogP contribution in [-0.2, 0) is 12.8 Å². The Morgan fingerprint density at radius 3 is 2.62 bits per heavy atom. The molecule has 0 amide bonds. The number of anilines is 1. The van der Waals surface area contributed by atoms with Crippen molar-refractivity contribution >= 4 is 11.9 Å². The number of piperazine rings is 1. The van der Waals surface area contributed by atoms with Crippen LogP contribution < -0.4 is 14.9 Å². The zero-order valence-corrected chi connectivity index (χ0v) is 12.5. The number of quaternary nitrogens is 1. The summed E-state index contributed by atoms with van der Waals surface area (Å²) in [4.78, 5) is 24.0. The number of aryl methyl sites for hydroxylation is 1. The fourth-order valence-electron chi connectivity index (χ4n) is 3.27. The summed E-state index contributed by atoms with van der Waals surface area (Å²) in [6.45, 7) is 7.19. The van der Waals surface area contributed by atoms with Crippen molar-refractivity contribution in [3.05, 3.63) is 17.0 Å². The molecule has 0 bridgehead atoms. The fraction of sp³-hybridized carbons (Fsp3) is 0.667. The number of carbonyl (C=O) groups is 1. The van der Waals surface area contributed by atoms with E-state index in [1.165, 1.54) is 0 Å². The maximum absolute atomic E-state index is 11.4. The molecule has 1 saturated heterocycles. The van der Waals surface area contributed by atoms with Crippen molar-refractivity contribution in [2.45, 2.75) is 32.6 Å². The van der Waals surface area contributed by atoms with Gasteiger partial charge in [-0.25, -0.2) is 9.97 Å². The summed E-state index contributed by atoms with van der Waals surface area (Å²) in [7, 11) is 0. The first kappa shape index (κ1) is 14.3. The smallest absolute Gasteiger partial charge is 0.226 e. The van der Waals surface area contributed by atoms with Crippen LogP contribution in [0.2, 0.25) is 0 Å². The summed E-state index contributed by atoms with van der Waals surface area (Å²) < 4.78 is 0. The van der Waals surface area contributed by atoms with Gasteiger partial charge in [0.1, 0.15) is 0 Å². The number of likely N-dealkylation sites (N-methyl/N-ethyl adjacent to an activating group) is 1. The number of aromatic carboxylic acids is 1. The second-order valence-corrected chi connectivity index (χ2v) is 5.88. The third-order valence-electron chi connectivity index (χ3n) is 4.62. The van der Waals surface area contributed by atoms with Crippen LogP contribution in [0.15, 0.2) is 0 Å². The average molecular weight is 290 g/mol. The molecule has 0 aromatic carbocycles. The van der Waals surface area contributed by atoms with Crippen LogP contribution in [0, 0.1) is 0 Å². The highest BCUT2D eigenvalue weighted by atomic mass is 16.4. The van der Waals surface area contributed by atoms with Crippen molar-refractivity contribution < 1.29 is 14.8 Å². The van der Waals surface area contributed by atoms with E-state index in [-0.39, 0.29) is 5.69 Å². The van der Waals surface area contributed by atoms with E-state index in [4.69, 9.17) is 0 Å². The Hall–Kier alpha value is -1.69. The van der Waals surface area contributed by atoms with Gasteiger partial charge in [0.25, 0.3) is 0 Å². The molecule has 1 aromatic heterocycles. The van der Waals surface area contributed by atoms with Gasteiger partial charge < -0.3 is 19.7 Å². The monoisotopic (exact) mass is 290 g/mol. The predicted molar refractivity (Wildman–Crippen MR) is 76.5 cm³/mol. The number of rotatable bonds is 3. The second kappa shape index (κ2) is 5.97. The first-order valence-corrected chi connectivity index (χ1v) is 7.88. The predicted octanol–water partition coefficient (Wildman–Crippen LogP) is -1.56. The number of nitrogens with one attached hydrogen (secondary N) is 1. The van der Waals surface area contributed by atoms with Crippen molar-refractivity contribution in [2.75, 3.05) is 37.6 Å². The molecule has 0 atom stereocenters. The highest BCUT2D eigenvalue weighted by Gasteiger charge is 2.24. The Morgan fingerprint density at radius 2 is 1.95 bits per heavy atom. The quantitative estimate of drug-likeness (QED) is 0.729. The van der Waals surface area contributed by atoms with Crippen molar-refractivity contribution in [1.82, 2.24) is 9.97 Å². The highest BCUT2D eigenvalue weighted by Crippen LogP contribution is 2.24. The molecule has 1 N–H and O–H groups in total. The highest BCUT2D eigenvalue weighted by molar-refractivity contribution is 5.86. The molecule has 0 spiro atoms. The molecule has 1 fully saturated rings. The summed E-state index contributed by atoms with van der Waals surface area (Å²) in [5, 5.41) is 11.4. The standard InChI is InChI=1S/C15H22N4O2/c1-2-18-7-9-19(10-8-18)15-16-12-6-4-3-5-11(12)13(17-15)14(20)21/h2-10H2,1H3,(H,20,21). The van der Waals surface area contributed by atoms with Gasteiger partial charge in [-0.2, -0.15) is 0 Å². The average Bonchev–Trinajstić information content (AvgIpc) is 2.53. The van der Waals surface area contributed by atoms with Crippen LogP contribution in [-0.4, -0.2) is 48.7 Å². The Morgan fingerprint density at radius 1 is 1.24 bits per heavy atom. The Kier molecular flexibility index (Phi) is 4.05.